The summed E-state index contributed by atoms with van der Waals surface area (Å²) in [5.41, 5.74) is 0. The third-order valence-electron chi connectivity index (χ3n) is 1.25. The number of allylic oxidation sites excluding steroid dienone is 1. The highest BCUT2D eigenvalue weighted by Crippen LogP contribution is 2.22. The van der Waals surface area contributed by atoms with Gasteiger partial charge in [0.25, 0.3) is 0 Å². The topological polar surface area (TPSA) is 17.1 Å². The van der Waals surface area contributed by atoms with Gasteiger partial charge in [-0.2, -0.15) is 13.2 Å². The van der Waals surface area contributed by atoms with Crippen LogP contribution in [0.2, 0.25) is 0 Å². The lowest BCUT2D eigenvalue weighted by Crippen LogP contribution is -2.28. The number of halogens is 3. The lowest BCUT2D eigenvalue weighted by molar-refractivity contribution is -0.174. The Morgan fingerprint density at radius 1 is 1.64 bits per heavy atom. The van der Waals surface area contributed by atoms with Crippen molar-refractivity contribution in [2.75, 3.05) is 0 Å². The van der Waals surface area contributed by atoms with Crippen molar-refractivity contribution >= 4 is 5.78 Å². The molecule has 11 heavy (non-hydrogen) atoms. The van der Waals surface area contributed by atoms with Crippen LogP contribution < -0.4 is 0 Å². The molecule has 0 aromatic carbocycles. The molecular weight excluding hydrogens is 157 g/mol. The lowest BCUT2D eigenvalue weighted by Gasteiger charge is -2.09. The highest BCUT2D eigenvalue weighted by molar-refractivity contribution is 5.86. The molecule has 0 aliphatic carbocycles. The van der Waals surface area contributed by atoms with Crippen LogP contribution in [0.25, 0.3) is 0 Å². The van der Waals surface area contributed by atoms with E-state index < -0.39 is 17.9 Å². The number of ketones is 1. The van der Waals surface area contributed by atoms with Gasteiger partial charge in [0.1, 0.15) is 0 Å². The van der Waals surface area contributed by atoms with Crippen LogP contribution in [-0.4, -0.2) is 12.0 Å². The molecule has 1 atom stereocenters. The van der Waals surface area contributed by atoms with Crippen molar-refractivity contribution < 1.29 is 18.0 Å². The summed E-state index contributed by atoms with van der Waals surface area (Å²) in [5, 5.41) is 0. The van der Waals surface area contributed by atoms with Gasteiger partial charge in [0.15, 0.2) is 0 Å². The predicted octanol–water partition coefficient (Wildman–Crippen LogP) is 2.33. The van der Waals surface area contributed by atoms with Gasteiger partial charge in [-0.25, -0.2) is 0 Å². The fourth-order valence-electron chi connectivity index (χ4n) is 0.636. The van der Waals surface area contributed by atoms with Gasteiger partial charge in [-0.15, -0.1) is 6.58 Å². The van der Waals surface area contributed by atoms with E-state index in [2.05, 4.69) is 6.58 Å². The summed E-state index contributed by atoms with van der Waals surface area (Å²) in [7, 11) is 0. The average Bonchev–Trinajstić information content (AvgIpc) is 1.85. The second-order valence-electron chi connectivity index (χ2n) is 2.29. The maximum atomic E-state index is 11.6. The van der Waals surface area contributed by atoms with E-state index in [1.165, 1.54) is 13.0 Å². The van der Waals surface area contributed by atoms with Crippen molar-refractivity contribution in [3.8, 4) is 0 Å². The Labute approximate surface area is 62.9 Å². The molecule has 4 heteroatoms. The molecule has 0 aromatic rings. The van der Waals surface area contributed by atoms with Crippen LogP contribution in [0.15, 0.2) is 12.7 Å². The van der Waals surface area contributed by atoms with E-state index in [9.17, 15) is 18.0 Å². The van der Waals surface area contributed by atoms with Gasteiger partial charge in [0.2, 0.25) is 5.78 Å². The largest absolute Gasteiger partial charge is 0.450 e. The summed E-state index contributed by atoms with van der Waals surface area (Å²) in [6.07, 6.45) is -3.34. The number of Topliss-reactive ketones (excluding diaryl/α,β-unsaturated/α-hetero) is 1. The molecule has 1 unspecified atom stereocenters. The van der Waals surface area contributed by atoms with E-state index in [-0.39, 0.29) is 6.42 Å². The van der Waals surface area contributed by atoms with Crippen LogP contribution in [0.4, 0.5) is 13.2 Å². The van der Waals surface area contributed by atoms with Gasteiger partial charge < -0.3 is 0 Å². The van der Waals surface area contributed by atoms with E-state index in [0.717, 1.165) is 0 Å². The molecule has 0 rings (SSSR count). The van der Waals surface area contributed by atoms with E-state index in [0.29, 0.717) is 0 Å². The van der Waals surface area contributed by atoms with Crippen molar-refractivity contribution in [2.45, 2.75) is 19.5 Å². The Bertz CT molecular complexity index is 160. The number of hydrogen-bond acceptors (Lipinski definition) is 1. The van der Waals surface area contributed by atoms with E-state index in [4.69, 9.17) is 0 Å². The van der Waals surface area contributed by atoms with E-state index in [1.807, 2.05) is 0 Å². The molecule has 1 nitrogen and oxygen atoms in total. The van der Waals surface area contributed by atoms with Crippen LogP contribution in [-0.2, 0) is 4.79 Å². The fourth-order valence-corrected chi connectivity index (χ4v) is 0.636. The normalized spacial score (nSPS) is 14.2. The molecule has 0 spiro atoms. The Morgan fingerprint density at radius 3 is 2.36 bits per heavy atom. The van der Waals surface area contributed by atoms with Crippen molar-refractivity contribution in [2.24, 2.45) is 5.92 Å². The summed E-state index contributed by atoms with van der Waals surface area (Å²) in [6.45, 7) is 4.48. The molecule has 0 aromatic heterocycles. The quantitative estimate of drug-likeness (QED) is 0.588. The predicted molar refractivity (Wildman–Crippen MR) is 35.0 cm³/mol. The molecule has 0 aliphatic rings. The zero-order chi connectivity index (χ0) is 9.07. The molecule has 0 amide bonds. The molecule has 0 N–H and O–H groups in total. The minimum atomic E-state index is -4.71. The number of carbonyl (C=O) groups excluding carboxylic acids is 1. The summed E-state index contributed by atoms with van der Waals surface area (Å²) in [4.78, 5) is 10.4. The monoisotopic (exact) mass is 166 g/mol. The standard InChI is InChI=1S/C7H9F3O/c1-3-4-5(2)6(11)7(8,9)10/h3,5H,1,4H2,2H3. The summed E-state index contributed by atoms with van der Waals surface area (Å²) < 4.78 is 34.9. The smallest absolute Gasteiger partial charge is 0.289 e. The Hall–Kier alpha value is -0.800. The van der Waals surface area contributed by atoms with Gasteiger partial charge in [0.05, 0.1) is 0 Å². The number of alkyl halides is 3. The first-order chi connectivity index (χ1) is 4.89. The zero-order valence-electron chi connectivity index (χ0n) is 6.11. The van der Waals surface area contributed by atoms with Gasteiger partial charge >= 0.3 is 6.18 Å². The third kappa shape index (κ3) is 3.20. The van der Waals surface area contributed by atoms with E-state index >= 15 is 0 Å². The van der Waals surface area contributed by atoms with Crippen molar-refractivity contribution in [3.05, 3.63) is 12.7 Å². The van der Waals surface area contributed by atoms with Crippen LogP contribution in [0.1, 0.15) is 13.3 Å². The van der Waals surface area contributed by atoms with Crippen molar-refractivity contribution in [1.29, 1.82) is 0 Å². The lowest BCUT2D eigenvalue weighted by atomic mass is 10.0. The summed E-state index contributed by atoms with van der Waals surface area (Å²) in [6, 6.07) is 0. The molecule has 0 heterocycles. The first kappa shape index (κ1) is 10.2. The molecule has 64 valence electrons. The Balaban J connectivity index is 4.13. The molecule has 0 saturated heterocycles. The number of hydrogen-bond donors (Lipinski definition) is 0. The molecule has 0 fully saturated rings. The van der Waals surface area contributed by atoms with Crippen molar-refractivity contribution in [1.82, 2.24) is 0 Å². The highest BCUT2D eigenvalue weighted by atomic mass is 19.4. The number of carbonyl (C=O) groups is 1. The zero-order valence-corrected chi connectivity index (χ0v) is 6.11. The van der Waals surface area contributed by atoms with Gasteiger partial charge in [0, 0.05) is 5.92 Å². The number of rotatable bonds is 3. The molecular formula is C7H9F3O. The van der Waals surface area contributed by atoms with Crippen LogP contribution in [0.3, 0.4) is 0 Å². The minimum Gasteiger partial charge on any atom is -0.289 e. The van der Waals surface area contributed by atoms with Crippen LogP contribution in [0, 0.1) is 5.92 Å². The van der Waals surface area contributed by atoms with Gasteiger partial charge in [-0.05, 0) is 6.42 Å². The van der Waals surface area contributed by atoms with Crippen LogP contribution in [0.5, 0.6) is 0 Å². The van der Waals surface area contributed by atoms with Gasteiger partial charge in [-0.1, -0.05) is 13.0 Å². The molecule has 0 bridgehead atoms. The molecule has 0 aliphatic heterocycles. The van der Waals surface area contributed by atoms with Crippen LogP contribution >= 0.6 is 0 Å². The SMILES string of the molecule is C=CCC(C)C(=O)C(F)(F)F. The first-order valence-electron chi connectivity index (χ1n) is 3.11. The second-order valence-corrected chi connectivity index (χ2v) is 2.29. The highest BCUT2D eigenvalue weighted by Gasteiger charge is 2.40. The maximum Gasteiger partial charge on any atom is 0.450 e. The summed E-state index contributed by atoms with van der Waals surface area (Å²) in [5.74, 6) is -2.69. The minimum absolute atomic E-state index is 0.0678. The Morgan fingerprint density at radius 2 is 2.09 bits per heavy atom. The molecule has 0 saturated carbocycles. The maximum absolute atomic E-state index is 11.6. The van der Waals surface area contributed by atoms with Gasteiger partial charge in [-0.3, -0.25) is 4.79 Å². The Kier molecular flexibility index (Phi) is 3.29. The first-order valence-corrected chi connectivity index (χ1v) is 3.11. The van der Waals surface area contributed by atoms with E-state index in [1.54, 1.807) is 0 Å². The second kappa shape index (κ2) is 3.55. The third-order valence-corrected chi connectivity index (χ3v) is 1.25. The average molecular weight is 166 g/mol. The summed E-state index contributed by atoms with van der Waals surface area (Å²) >= 11 is 0. The fraction of sp³-hybridized carbons (Fsp3) is 0.571. The molecule has 0 radical (unpaired) electrons. The van der Waals surface area contributed by atoms with Crippen molar-refractivity contribution in [3.63, 3.8) is 0 Å².